The molecule has 0 saturated carbocycles. The fourth-order valence-electron chi connectivity index (χ4n) is 2.51. The number of benzene rings is 2. The molecule has 0 aromatic heterocycles. The fraction of sp³-hybridized carbons (Fsp3) is 0.0526. The maximum absolute atomic E-state index is 12.6. The molecule has 0 unspecified atom stereocenters. The Balaban J connectivity index is -0.0000000422. The van der Waals surface area contributed by atoms with Gasteiger partial charge in [0.15, 0.2) is 5.78 Å². The van der Waals surface area contributed by atoms with E-state index in [4.69, 9.17) is 0 Å². The highest BCUT2D eigenvalue weighted by molar-refractivity contribution is 6.11. The van der Waals surface area contributed by atoms with Crippen LogP contribution < -0.4 is 5.32 Å². The van der Waals surface area contributed by atoms with Gasteiger partial charge in [0.1, 0.15) is 0 Å². The molecule has 0 heterocycles. The molecule has 0 amide bonds. The van der Waals surface area contributed by atoms with Gasteiger partial charge in [-0.1, -0.05) is 18.1 Å². The van der Waals surface area contributed by atoms with Gasteiger partial charge in [0.05, 0.1) is 0 Å². The molecule has 0 radical (unpaired) electrons. The third kappa shape index (κ3) is 12.5. The quantitative estimate of drug-likeness (QED) is 0.231. The predicted molar refractivity (Wildman–Crippen MR) is 208 cm³/mol. The van der Waals surface area contributed by atoms with Crippen LogP contribution in [0.4, 0.5) is 5.69 Å². The summed E-state index contributed by atoms with van der Waals surface area (Å²) in [4.78, 5) is 24.8. The van der Waals surface area contributed by atoms with Crippen molar-refractivity contribution < 1.29 is 41.0 Å². The second-order valence-electron chi connectivity index (χ2n) is 6.94. The van der Waals surface area contributed by atoms with E-state index in [1.165, 1.54) is 0 Å². The Labute approximate surface area is 274 Å². The van der Waals surface area contributed by atoms with Crippen LogP contribution in [0.3, 0.4) is 0 Å². The second-order valence-corrected chi connectivity index (χ2v) is 6.94. The predicted octanol–water partition coefficient (Wildman–Crippen LogP) is 8.61. The molecule has 3 heteroatoms. The molecule has 2 aromatic rings. The smallest absolute Gasteiger partial charge is 0.236 e. The molecule has 0 aliphatic heterocycles. The van der Waals surface area contributed by atoms with Crippen molar-refractivity contribution in [1.29, 1.82) is 0 Å². The van der Waals surface area contributed by atoms with E-state index >= 15 is 0 Å². The number of hydrogen-bond acceptors (Lipinski definition) is 3. The summed E-state index contributed by atoms with van der Waals surface area (Å²) in [5.41, 5.74) is 2.29. The van der Waals surface area contributed by atoms with Gasteiger partial charge in [-0.2, -0.15) is 0 Å². The van der Waals surface area contributed by atoms with E-state index in [0.29, 0.717) is 16.7 Å². The average Bonchev–Trinajstić information content (AvgIpc) is 3.01. The van der Waals surface area contributed by atoms with Crippen LogP contribution in [0.2, 0.25) is 0 Å². The standard InChI is InChI=1S/C38H15NO2.22H2/c1-3-4-5-6-7-8-9-10-11-12-13-14-15-16-17-18-19-20-21-22-23-24-37(40)33-25-27-34(28-26-33)38(41)35-29-31-36(39-2)32-30-35;;;;;;;;;;;;;;;;;;;;;;/h25-32,39H,1-2H3;22*1H. The topological polar surface area (TPSA) is 46.2 Å². The molecular weight excluding hydrogens is 502 g/mol. The zero-order valence-corrected chi connectivity index (χ0v) is 21.9. The zero-order chi connectivity index (χ0) is 29.4. The maximum Gasteiger partial charge on any atom is 0.236 e. The average molecular weight is 562 g/mol. The first-order chi connectivity index (χ1) is 20.2. The minimum Gasteiger partial charge on any atom is -0.388 e. The van der Waals surface area contributed by atoms with Gasteiger partial charge in [0, 0.05) is 84.5 Å². The minimum absolute atomic E-state index is 0. The minimum atomic E-state index is -0.422. The lowest BCUT2D eigenvalue weighted by Crippen LogP contribution is -2.03. The van der Waals surface area contributed by atoms with Crippen LogP contribution in [0.5, 0.6) is 0 Å². The molecule has 2 aromatic carbocycles. The fourth-order valence-corrected chi connectivity index (χ4v) is 2.51. The van der Waals surface area contributed by atoms with Crippen molar-refractivity contribution >= 4 is 17.3 Å². The van der Waals surface area contributed by atoms with Gasteiger partial charge in [0.25, 0.3) is 0 Å². The number of nitrogens with one attached hydrogen (secondary N) is 1. The molecular formula is C38H59NO2. The van der Waals surface area contributed by atoms with Crippen molar-refractivity contribution in [1.82, 2.24) is 0 Å². The number of carbonyl (C=O) groups excluding carboxylic acids is 2. The molecule has 228 valence electrons. The second kappa shape index (κ2) is 18.9. The number of anilines is 1. The van der Waals surface area contributed by atoms with E-state index in [1.54, 1.807) is 50.4 Å². The summed E-state index contributed by atoms with van der Waals surface area (Å²) in [7, 11) is 1.81. The van der Waals surface area contributed by atoms with Gasteiger partial charge in [-0.25, -0.2) is 0 Å². The monoisotopic (exact) mass is 561 g/mol. The van der Waals surface area contributed by atoms with Crippen LogP contribution in [0, 0.1) is 130 Å². The molecule has 1 N–H and O–H groups in total. The Morgan fingerprint density at radius 1 is 0.488 bits per heavy atom. The summed E-state index contributed by atoms with van der Waals surface area (Å²) in [6.45, 7) is 1.69. The van der Waals surface area contributed by atoms with E-state index < -0.39 is 5.78 Å². The molecule has 3 nitrogen and oxygen atoms in total. The molecule has 0 spiro atoms. The van der Waals surface area contributed by atoms with Gasteiger partial charge in [-0.05, 0) is 144 Å². The van der Waals surface area contributed by atoms with Crippen LogP contribution in [-0.4, -0.2) is 18.6 Å². The van der Waals surface area contributed by atoms with Crippen LogP contribution in [0.25, 0.3) is 0 Å². The normalized spacial score (nSPS) is 6.78. The lowest BCUT2D eigenvalue weighted by Gasteiger charge is -2.04. The number of rotatable bonds is 4. The van der Waals surface area contributed by atoms with Crippen LogP contribution in [0.1, 0.15) is 64.6 Å². The first-order valence-corrected chi connectivity index (χ1v) is 11.6. The van der Waals surface area contributed by atoms with Crippen molar-refractivity contribution in [2.75, 3.05) is 12.4 Å². The molecule has 0 fully saturated rings. The molecule has 0 aliphatic rings. The number of ketones is 2. The van der Waals surface area contributed by atoms with Crippen molar-refractivity contribution in [3.63, 3.8) is 0 Å². The Morgan fingerprint density at radius 2 is 0.805 bits per heavy atom. The lowest BCUT2D eigenvalue weighted by molar-refractivity contribution is 0.103. The molecule has 0 saturated heterocycles. The van der Waals surface area contributed by atoms with Gasteiger partial charge >= 0.3 is 0 Å². The number of hydrogen-bond donors (Lipinski definition) is 1. The Kier molecular flexibility index (Phi) is 13.8. The van der Waals surface area contributed by atoms with Crippen molar-refractivity contribution in [3.8, 4) is 130 Å². The molecule has 0 atom stereocenters. The van der Waals surface area contributed by atoms with Crippen molar-refractivity contribution in [2.24, 2.45) is 0 Å². The Hall–Kier alpha value is -7.26. The summed E-state index contributed by atoms with van der Waals surface area (Å²) in [6.07, 6.45) is 0. The Bertz CT molecular complexity index is 2110. The zero-order valence-electron chi connectivity index (χ0n) is 21.9. The summed E-state index contributed by atoms with van der Waals surface area (Å²) in [6, 6.07) is 13.4. The highest BCUT2D eigenvalue weighted by Gasteiger charge is 2.10. The van der Waals surface area contributed by atoms with Crippen LogP contribution >= 0.6 is 0 Å². The Morgan fingerprint density at radius 3 is 1.17 bits per heavy atom. The van der Waals surface area contributed by atoms with E-state index in [0.717, 1.165) is 5.69 Å². The molecule has 41 heavy (non-hydrogen) atoms. The van der Waals surface area contributed by atoms with Crippen LogP contribution in [0.15, 0.2) is 48.5 Å². The van der Waals surface area contributed by atoms with Crippen molar-refractivity contribution in [2.45, 2.75) is 6.92 Å². The first kappa shape index (κ1) is 30.0. The molecule has 0 aliphatic carbocycles. The summed E-state index contributed by atoms with van der Waals surface area (Å²) >= 11 is 0. The largest absolute Gasteiger partial charge is 0.388 e. The number of carbonyl (C=O) groups is 2. The lowest BCUT2D eigenvalue weighted by atomic mass is 10.0. The van der Waals surface area contributed by atoms with E-state index in [-0.39, 0.29) is 37.2 Å². The van der Waals surface area contributed by atoms with E-state index in [9.17, 15) is 9.59 Å². The highest BCUT2D eigenvalue weighted by atomic mass is 16.1. The van der Waals surface area contributed by atoms with E-state index in [2.05, 4.69) is 136 Å². The highest BCUT2D eigenvalue weighted by Crippen LogP contribution is 2.14. The third-order valence-corrected chi connectivity index (χ3v) is 4.33. The third-order valence-electron chi connectivity index (χ3n) is 4.33. The first-order valence-electron chi connectivity index (χ1n) is 11.6. The summed E-state index contributed by atoms with van der Waals surface area (Å²) in [5, 5.41) is 3.00. The van der Waals surface area contributed by atoms with E-state index in [1.807, 2.05) is 12.1 Å². The molecule has 0 bridgehead atoms. The summed E-state index contributed by atoms with van der Waals surface area (Å²) in [5.74, 6) is 54.5. The van der Waals surface area contributed by atoms with Crippen molar-refractivity contribution in [3.05, 3.63) is 65.2 Å². The molecule has 2 rings (SSSR count). The van der Waals surface area contributed by atoms with Gasteiger partial charge in [-0.3, -0.25) is 9.59 Å². The summed E-state index contributed by atoms with van der Waals surface area (Å²) < 4.78 is 0. The maximum atomic E-state index is 12.6. The van der Waals surface area contributed by atoms with Gasteiger partial charge in [0.2, 0.25) is 5.78 Å². The number of Topliss-reactive ketones (excluding diaryl/α,β-unsaturated/α-hetero) is 1. The van der Waals surface area contributed by atoms with Crippen LogP contribution in [-0.2, 0) is 0 Å². The van der Waals surface area contributed by atoms with Gasteiger partial charge < -0.3 is 5.32 Å². The SMILES string of the molecule is CC#CC#CC#CC#CC#CC#CC#CC#CC#CC#CC#CC(=O)c1ccc(C(=O)c2ccc(NC)cc2)cc1.[HH].[HH].[HH].[HH].[HH].[HH].[HH].[HH].[HH].[HH].[HH].[HH].[HH].[HH].[HH].[HH].[HH].[HH].[HH].[HH].[HH].[HH]. The van der Waals surface area contributed by atoms with Gasteiger partial charge in [-0.15, -0.1) is 0 Å².